The van der Waals surface area contributed by atoms with Crippen LogP contribution in [0, 0.1) is 12.8 Å². The molecular weight excluding hydrogens is 186 g/mol. The largest absolute Gasteiger partial charge is 0.383 e. The number of pyridine rings is 1. The molecule has 0 spiro atoms. The molecule has 0 aromatic carbocycles. The molecule has 3 heteroatoms. The summed E-state index contributed by atoms with van der Waals surface area (Å²) in [6.45, 7) is 6.63. The van der Waals surface area contributed by atoms with Gasteiger partial charge in [-0.25, -0.2) is 4.98 Å². The molecule has 0 amide bonds. The van der Waals surface area contributed by atoms with Gasteiger partial charge < -0.3 is 10.6 Å². The maximum absolute atomic E-state index is 5.71. The van der Waals surface area contributed by atoms with Gasteiger partial charge in [-0.3, -0.25) is 0 Å². The van der Waals surface area contributed by atoms with Crippen LogP contribution in [0.15, 0.2) is 12.3 Å². The molecule has 1 aliphatic heterocycles. The minimum absolute atomic E-state index is 0.643. The molecule has 1 aromatic rings. The van der Waals surface area contributed by atoms with Crippen molar-refractivity contribution < 1.29 is 0 Å². The summed E-state index contributed by atoms with van der Waals surface area (Å²) < 4.78 is 0. The number of anilines is 2. The summed E-state index contributed by atoms with van der Waals surface area (Å²) >= 11 is 0. The molecule has 15 heavy (non-hydrogen) atoms. The molecule has 3 nitrogen and oxygen atoms in total. The highest BCUT2D eigenvalue weighted by molar-refractivity contribution is 5.52. The van der Waals surface area contributed by atoms with Gasteiger partial charge in [0.05, 0.1) is 11.9 Å². The summed E-state index contributed by atoms with van der Waals surface area (Å²) in [6.07, 6.45) is 4.45. The predicted molar refractivity (Wildman–Crippen MR) is 64.0 cm³/mol. The first kappa shape index (κ1) is 10.3. The van der Waals surface area contributed by atoms with Gasteiger partial charge in [0.25, 0.3) is 0 Å². The average Bonchev–Trinajstić information content (AvgIpc) is 2.23. The lowest BCUT2D eigenvalue weighted by molar-refractivity contribution is 0.438. The van der Waals surface area contributed by atoms with E-state index >= 15 is 0 Å². The molecule has 1 aliphatic rings. The highest BCUT2D eigenvalue weighted by Gasteiger charge is 2.16. The zero-order valence-corrected chi connectivity index (χ0v) is 9.53. The SMILES string of the molecule is Cc1cc(N2CCC(C)CC2)cnc1N. The van der Waals surface area contributed by atoms with Crippen molar-refractivity contribution in [2.24, 2.45) is 5.92 Å². The Morgan fingerprint density at radius 2 is 2.07 bits per heavy atom. The summed E-state index contributed by atoms with van der Waals surface area (Å²) in [5, 5.41) is 0. The van der Waals surface area contributed by atoms with E-state index in [-0.39, 0.29) is 0 Å². The van der Waals surface area contributed by atoms with Gasteiger partial charge in [0, 0.05) is 13.1 Å². The van der Waals surface area contributed by atoms with Crippen LogP contribution in [0.3, 0.4) is 0 Å². The minimum atomic E-state index is 0.643. The number of piperidine rings is 1. The average molecular weight is 205 g/mol. The Labute approximate surface area is 91.3 Å². The number of nitrogens with zero attached hydrogens (tertiary/aromatic N) is 2. The fraction of sp³-hybridized carbons (Fsp3) is 0.583. The normalized spacial score (nSPS) is 18.1. The van der Waals surface area contributed by atoms with Crippen LogP contribution in [0.1, 0.15) is 25.3 Å². The van der Waals surface area contributed by atoms with Crippen molar-refractivity contribution in [3.63, 3.8) is 0 Å². The summed E-state index contributed by atoms with van der Waals surface area (Å²) in [5.74, 6) is 1.51. The maximum atomic E-state index is 5.71. The van der Waals surface area contributed by atoms with Gasteiger partial charge in [-0.15, -0.1) is 0 Å². The summed E-state index contributed by atoms with van der Waals surface area (Å²) in [7, 11) is 0. The Balaban J connectivity index is 2.12. The smallest absolute Gasteiger partial charge is 0.126 e. The zero-order valence-electron chi connectivity index (χ0n) is 9.53. The molecule has 0 saturated carbocycles. The van der Waals surface area contributed by atoms with Crippen LogP contribution in [0.2, 0.25) is 0 Å². The second-order valence-electron chi connectivity index (χ2n) is 4.57. The van der Waals surface area contributed by atoms with Crippen LogP contribution in [0.5, 0.6) is 0 Å². The Hall–Kier alpha value is -1.25. The molecule has 2 N–H and O–H groups in total. The molecular formula is C12H19N3. The molecule has 2 rings (SSSR count). The number of aromatic nitrogens is 1. The first-order chi connectivity index (χ1) is 7.16. The number of hydrogen-bond donors (Lipinski definition) is 1. The molecule has 0 unspecified atom stereocenters. The topological polar surface area (TPSA) is 42.2 Å². The zero-order chi connectivity index (χ0) is 10.8. The van der Waals surface area contributed by atoms with Crippen molar-refractivity contribution in [1.82, 2.24) is 4.98 Å². The molecule has 1 fully saturated rings. The second kappa shape index (κ2) is 4.09. The van der Waals surface area contributed by atoms with E-state index in [1.54, 1.807) is 0 Å². The number of rotatable bonds is 1. The van der Waals surface area contributed by atoms with Crippen LogP contribution < -0.4 is 10.6 Å². The first-order valence-electron chi connectivity index (χ1n) is 5.64. The lowest BCUT2D eigenvalue weighted by Crippen LogP contribution is -2.32. The Bertz CT molecular complexity index is 341. The molecule has 2 heterocycles. The maximum Gasteiger partial charge on any atom is 0.126 e. The Morgan fingerprint density at radius 3 is 2.67 bits per heavy atom. The van der Waals surface area contributed by atoms with E-state index in [0.29, 0.717) is 5.82 Å². The van der Waals surface area contributed by atoms with Gasteiger partial charge in [0.15, 0.2) is 0 Å². The van der Waals surface area contributed by atoms with E-state index in [1.807, 2.05) is 13.1 Å². The number of nitrogen functional groups attached to an aromatic ring is 1. The third-order valence-corrected chi connectivity index (χ3v) is 3.25. The predicted octanol–water partition coefficient (Wildman–Crippen LogP) is 2.21. The van der Waals surface area contributed by atoms with Crippen molar-refractivity contribution in [3.05, 3.63) is 17.8 Å². The van der Waals surface area contributed by atoms with Crippen molar-refractivity contribution in [3.8, 4) is 0 Å². The van der Waals surface area contributed by atoms with E-state index in [2.05, 4.69) is 22.9 Å². The van der Waals surface area contributed by atoms with Crippen LogP contribution in [0.25, 0.3) is 0 Å². The first-order valence-corrected chi connectivity index (χ1v) is 5.64. The second-order valence-corrected chi connectivity index (χ2v) is 4.57. The minimum Gasteiger partial charge on any atom is -0.383 e. The van der Waals surface area contributed by atoms with Crippen LogP contribution in [-0.4, -0.2) is 18.1 Å². The van der Waals surface area contributed by atoms with E-state index in [1.165, 1.54) is 18.5 Å². The lowest BCUT2D eigenvalue weighted by atomic mass is 9.99. The Kier molecular flexibility index (Phi) is 2.80. The number of aryl methyl sites for hydroxylation is 1. The standard InChI is InChI=1S/C12H19N3/c1-9-3-5-15(6-4-9)11-7-10(2)12(13)14-8-11/h7-9H,3-6H2,1-2H3,(H2,13,14). The molecule has 0 radical (unpaired) electrons. The van der Waals surface area contributed by atoms with Gasteiger partial charge in [0.1, 0.15) is 5.82 Å². The highest BCUT2D eigenvalue weighted by Crippen LogP contribution is 2.24. The monoisotopic (exact) mass is 205 g/mol. The van der Waals surface area contributed by atoms with E-state index in [4.69, 9.17) is 5.73 Å². The van der Waals surface area contributed by atoms with Gasteiger partial charge in [-0.05, 0) is 37.3 Å². The molecule has 0 atom stereocenters. The molecule has 0 bridgehead atoms. The van der Waals surface area contributed by atoms with Crippen molar-refractivity contribution in [2.45, 2.75) is 26.7 Å². The third kappa shape index (κ3) is 2.22. The summed E-state index contributed by atoms with van der Waals surface area (Å²) in [4.78, 5) is 6.61. The lowest BCUT2D eigenvalue weighted by Gasteiger charge is -2.32. The fourth-order valence-electron chi connectivity index (χ4n) is 2.01. The van der Waals surface area contributed by atoms with E-state index < -0.39 is 0 Å². The quantitative estimate of drug-likeness (QED) is 0.764. The molecule has 1 aromatic heterocycles. The van der Waals surface area contributed by atoms with Crippen molar-refractivity contribution >= 4 is 11.5 Å². The van der Waals surface area contributed by atoms with Crippen LogP contribution in [0.4, 0.5) is 11.5 Å². The highest BCUT2D eigenvalue weighted by atomic mass is 15.1. The molecule has 82 valence electrons. The molecule has 1 saturated heterocycles. The van der Waals surface area contributed by atoms with Crippen LogP contribution in [-0.2, 0) is 0 Å². The number of nitrogens with two attached hydrogens (primary N) is 1. The molecule has 0 aliphatic carbocycles. The Morgan fingerprint density at radius 1 is 1.40 bits per heavy atom. The number of hydrogen-bond acceptors (Lipinski definition) is 3. The summed E-state index contributed by atoms with van der Waals surface area (Å²) in [5.41, 5.74) is 8.00. The van der Waals surface area contributed by atoms with Crippen molar-refractivity contribution in [1.29, 1.82) is 0 Å². The third-order valence-electron chi connectivity index (χ3n) is 3.25. The van der Waals surface area contributed by atoms with Crippen LogP contribution >= 0.6 is 0 Å². The van der Waals surface area contributed by atoms with E-state index in [9.17, 15) is 0 Å². The fourth-order valence-corrected chi connectivity index (χ4v) is 2.01. The van der Waals surface area contributed by atoms with Gasteiger partial charge >= 0.3 is 0 Å². The van der Waals surface area contributed by atoms with Gasteiger partial charge in [0.2, 0.25) is 0 Å². The summed E-state index contributed by atoms with van der Waals surface area (Å²) in [6, 6.07) is 2.14. The van der Waals surface area contributed by atoms with Crippen molar-refractivity contribution in [2.75, 3.05) is 23.7 Å². The van der Waals surface area contributed by atoms with E-state index in [0.717, 1.165) is 24.6 Å². The van der Waals surface area contributed by atoms with Gasteiger partial charge in [-0.2, -0.15) is 0 Å². The van der Waals surface area contributed by atoms with Gasteiger partial charge in [-0.1, -0.05) is 6.92 Å².